The van der Waals surface area contributed by atoms with Crippen molar-refractivity contribution in [1.29, 1.82) is 0 Å². The highest BCUT2D eigenvalue weighted by Gasteiger charge is 2.36. The molecule has 144 valence electrons. The molecule has 0 bridgehead atoms. The number of hydrogen-bond donors (Lipinski definition) is 3. The van der Waals surface area contributed by atoms with Crippen LogP contribution >= 0.6 is 0 Å². The molecule has 0 spiro atoms. The summed E-state index contributed by atoms with van der Waals surface area (Å²) in [7, 11) is 0. The van der Waals surface area contributed by atoms with Crippen LogP contribution in [0.5, 0.6) is 0 Å². The summed E-state index contributed by atoms with van der Waals surface area (Å²) in [4.78, 5) is 24.9. The topological polar surface area (TPSA) is 108 Å². The van der Waals surface area contributed by atoms with Crippen molar-refractivity contribution in [1.82, 2.24) is 15.4 Å². The van der Waals surface area contributed by atoms with E-state index >= 15 is 0 Å². The number of urea groups is 1. The lowest BCUT2D eigenvalue weighted by Gasteiger charge is -2.42. The maximum absolute atomic E-state index is 12.1. The summed E-state index contributed by atoms with van der Waals surface area (Å²) in [6.07, 6.45) is 6.08. The fraction of sp³-hybridized carbons (Fsp3) is 0.722. The number of anilines is 1. The van der Waals surface area contributed by atoms with Gasteiger partial charge in [-0.25, -0.2) is 4.79 Å². The molecule has 1 aromatic rings. The number of nitrogens with zero attached hydrogens (tertiary/aromatic N) is 2. The summed E-state index contributed by atoms with van der Waals surface area (Å²) in [6.45, 7) is 4.86. The second-order valence-corrected chi connectivity index (χ2v) is 7.72. The van der Waals surface area contributed by atoms with Crippen LogP contribution in [0.15, 0.2) is 10.6 Å². The summed E-state index contributed by atoms with van der Waals surface area (Å²) >= 11 is 0. The minimum Gasteiger partial charge on any atom is -0.480 e. The van der Waals surface area contributed by atoms with Gasteiger partial charge < -0.3 is 14.9 Å². The number of carbonyl (C=O) groups is 2. The summed E-state index contributed by atoms with van der Waals surface area (Å²) < 4.78 is 5.44. The van der Waals surface area contributed by atoms with Crippen LogP contribution in [0, 0.1) is 0 Å². The van der Waals surface area contributed by atoms with Crippen molar-refractivity contribution in [3.05, 3.63) is 11.8 Å². The van der Waals surface area contributed by atoms with Crippen molar-refractivity contribution < 1.29 is 19.2 Å². The average molecular weight is 364 g/mol. The summed E-state index contributed by atoms with van der Waals surface area (Å²) in [5.74, 6) is 0.447. The number of carboxylic acids is 1. The molecule has 0 unspecified atom stereocenters. The van der Waals surface area contributed by atoms with Gasteiger partial charge in [0.15, 0.2) is 5.82 Å². The van der Waals surface area contributed by atoms with Gasteiger partial charge in [-0.15, -0.1) is 0 Å². The van der Waals surface area contributed by atoms with Gasteiger partial charge in [0, 0.05) is 23.6 Å². The van der Waals surface area contributed by atoms with Gasteiger partial charge >= 0.3 is 12.0 Å². The van der Waals surface area contributed by atoms with Crippen molar-refractivity contribution in [3.8, 4) is 0 Å². The van der Waals surface area contributed by atoms with Crippen molar-refractivity contribution >= 4 is 17.8 Å². The average Bonchev–Trinajstić information content (AvgIpc) is 3.18. The van der Waals surface area contributed by atoms with E-state index in [4.69, 9.17) is 9.63 Å². The number of aliphatic carboxylic acids is 1. The van der Waals surface area contributed by atoms with Crippen molar-refractivity contribution in [2.45, 2.75) is 69.9 Å². The molecule has 3 N–H and O–H groups in total. The normalized spacial score (nSPS) is 24.3. The van der Waals surface area contributed by atoms with Gasteiger partial charge in [0.2, 0.25) is 0 Å². The Morgan fingerprint density at radius 1 is 1.38 bits per heavy atom. The van der Waals surface area contributed by atoms with Crippen LogP contribution in [0.25, 0.3) is 0 Å². The van der Waals surface area contributed by atoms with E-state index in [1.54, 1.807) is 0 Å². The standard InChI is InChI=1S/C18H28N4O4/c1-3-22(11-16(23)24)13-8-12(9-13)19-17(25)20-15-10-14(26-21-15)18(2)6-4-5-7-18/h10,12-13H,3-9,11H2,1-2H3,(H,23,24)(H2,19,20,21,25). The Morgan fingerprint density at radius 3 is 2.69 bits per heavy atom. The van der Waals surface area contributed by atoms with E-state index in [1.807, 2.05) is 17.9 Å². The number of likely N-dealkylation sites (N-methyl/N-ethyl adjacent to an activating group) is 1. The lowest BCUT2D eigenvalue weighted by Crippen LogP contribution is -2.55. The first-order chi connectivity index (χ1) is 12.4. The van der Waals surface area contributed by atoms with Crippen molar-refractivity contribution in [2.24, 2.45) is 0 Å². The Balaban J connectivity index is 1.44. The quantitative estimate of drug-likeness (QED) is 0.686. The van der Waals surface area contributed by atoms with E-state index in [-0.39, 0.29) is 30.1 Å². The lowest BCUT2D eigenvalue weighted by molar-refractivity contribution is -0.139. The molecule has 3 rings (SSSR count). The third-order valence-electron chi connectivity index (χ3n) is 5.76. The minimum absolute atomic E-state index is 0.0261. The molecule has 0 atom stereocenters. The third-order valence-corrected chi connectivity index (χ3v) is 5.76. The van der Waals surface area contributed by atoms with Gasteiger partial charge in [-0.1, -0.05) is 31.8 Å². The van der Waals surface area contributed by atoms with Gasteiger partial charge in [-0.3, -0.25) is 15.0 Å². The molecule has 0 radical (unpaired) electrons. The largest absolute Gasteiger partial charge is 0.480 e. The van der Waals surface area contributed by atoms with Crippen LogP contribution in [0.1, 0.15) is 58.1 Å². The second-order valence-electron chi connectivity index (χ2n) is 7.72. The van der Waals surface area contributed by atoms with Gasteiger partial charge in [0.1, 0.15) is 5.76 Å². The summed E-state index contributed by atoms with van der Waals surface area (Å²) in [5.41, 5.74) is 0.0261. The molecule has 2 aliphatic rings. The number of nitrogens with one attached hydrogen (secondary N) is 2. The van der Waals surface area contributed by atoms with Gasteiger partial charge in [0.05, 0.1) is 6.54 Å². The second kappa shape index (κ2) is 7.65. The molecular weight excluding hydrogens is 336 g/mol. The first kappa shape index (κ1) is 18.7. The number of hydrogen-bond acceptors (Lipinski definition) is 5. The smallest absolute Gasteiger partial charge is 0.320 e. The Bertz CT molecular complexity index is 647. The minimum atomic E-state index is -0.821. The SMILES string of the molecule is CCN(CC(=O)O)C1CC(NC(=O)Nc2cc(C3(C)CCCC3)on2)C1. The molecule has 8 heteroatoms. The van der Waals surface area contributed by atoms with Gasteiger partial charge in [-0.05, 0) is 32.2 Å². The summed E-state index contributed by atoms with van der Waals surface area (Å²) in [6, 6.07) is 1.79. The van der Waals surface area contributed by atoms with Crippen LogP contribution in [-0.2, 0) is 10.2 Å². The van der Waals surface area contributed by atoms with Gasteiger partial charge in [0.25, 0.3) is 0 Å². The highest BCUT2D eigenvalue weighted by molar-refractivity contribution is 5.88. The first-order valence-corrected chi connectivity index (χ1v) is 9.40. The number of aromatic nitrogens is 1. The number of rotatable bonds is 7. The zero-order valence-electron chi connectivity index (χ0n) is 15.5. The van der Waals surface area contributed by atoms with E-state index in [1.165, 1.54) is 12.8 Å². The van der Waals surface area contributed by atoms with Crippen LogP contribution in [-0.4, -0.2) is 52.3 Å². The molecule has 2 aliphatic carbocycles. The molecule has 2 amide bonds. The van der Waals surface area contributed by atoms with E-state index in [0.717, 1.165) is 31.4 Å². The van der Waals surface area contributed by atoms with Crippen LogP contribution in [0.4, 0.5) is 10.6 Å². The van der Waals surface area contributed by atoms with E-state index in [2.05, 4.69) is 22.7 Å². The Labute approximate surface area is 153 Å². The zero-order valence-corrected chi connectivity index (χ0v) is 15.5. The first-order valence-electron chi connectivity index (χ1n) is 9.40. The predicted octanol–water partition coefficient (Wildman–Crippen LogP) is 2.57. The maximum Gasteiger partial charge on any atom is 0.320 e. The van der Waals surface area contributed by atoms with Gasteiger partial charge in [-0.2, -0.15) is 0 Å². The maximum atomic E-state index is 12.1. The van der Waals surface area contributed by atoms with Crippen LogP contribution < -0.4 is 10.6 Å². The molecule has 0 aliphatic heterocycles. The molecule has 2 fully saturated rings. The molecular formula is C18H28N4O4. The highest BCUT2D eigenvalue weighted by atomic mass is 16.5. The van der Waals surface area contributed by atoms with E-state index < -0.39 is 5.97 Å². The number of amides is 2. The highest BCUT2D eigenvalue weighted by Crippen LogP contribution is 2.41. The Hall–Kier alpha value is -2.09. The molecule has 26 heavy (non-hydrogen) atoms. The Morgan fingerprint density at radius 2 is 2.08 bits per heavy atom. The molecule has 8 nitrogen and oxygen atoms in total. The molecule has 1 aromatic heterocycles. The number of carboxylic acid groups (broad SMARTS) is 1. The summed E-state index contributed by atoms with van der Waals surface area (Å²) in [5, 5.41) is 18.5. The predicted molar refractivity (Wildman–Crippen MR) is 96.2 cm³/mol. The van der Waals surface area contributed by atoms with Crippen LogP contribution in [0.2, 0.25) is 0 Å². The third kappa shape index (κ3) is 4.17. The van der Waals surface area contributed by atoms with Crippen LogP contribution in [0.3, 0.4) is 0 Å². The van der Waals surface area contributed by atoms with E-state index in [9.17, 15) is 9.59 Å². The monoisotopic (exact) mass is 364 g/mol. The van der Waals surface area contributed by atoms with E-state index in [0.29, 0.717) is 12.4 Å². The molecule has 2 saturated carbocycles. The molecule has 0 aromatic carbocycles. The zero-order chi connectivity index (χ0) is 18.7. The fourth-order valence-corrected chi connectivity index (χ4v) is 4.03. The fourth-order valence-electron chi connectivity index (χ4n) is 4.03. The molecule has 1 heterocycles. The lowest BCUT2D eigenvalue weighted by atomic mass is 9.85. The van der Waals surface area contributed by atoms with Crippen molar-refractivity contribution in [3.63, 3.8) is 0 Å². The van der Waals surface area contributed by atoms with Crippen molar-refractivity contribution in [2.75, 3.05) is 18.4 Å². The molecule has 0 saturated heterocycles. The Kier molecular flexibility index (Phi) is 5.50. The number of carbonyl (C=O) groups excluding carboxylic acids is 1.